The molecule has 0 aromatic heterocycles. The lowest BCUT2D eigenvalue weighted by Gasteiger charge is -2.26. The Morgan fingerprint density at radius 2 is 1.62 bits per heavy atom. The largest absolute Gasteiger partial charge is 0.497 e. The SMILES string of the molecule is CCOC(=O)/C(C)=C(\C)[C@@H](C)[C@@H](OC(=O)Nc1ccc(OC)cc1)c1ccc(OCCO)cc1. The topological polar surface area (TPSA) is 103 Å². The first kappa shape index (κ1) is 26.7. The first-order valence-electron chi connectivity index (χ1n) is 11.1. The quantitative estimate of drug-likeness (QED) is 0.355. The van der Waals surface area contributed by atoms with Gasteiger partial charge in [-0.25, -0.2) is 9.59 Å². The lowest BCUT2D eigenvalue weighted by molar-refractivity contribution is -0.138. The molecule has 0 saturated carbocycles. The van der Waals surface area contributed by atoms with E-state index in [2.05, 4.69) is 5.32 Å². The van der Waals surface area contributed by atoms with Gasteiger partial charge in [0.1, 0.15) is 24.2 Å². The Morgan fingerprint density at radius 3 is 2.18 bits per heavy atom. The van der Waals surface area contributed by atoms with E-state index in [0.29, 0.717) is 22.8 Å². The van der Waals surface area contributed by atoms with Gasteiger partial charge >= 0.3 is 12.1 Å². The Bertz CT molecular complexity index is 968. The van der Waals surface area contributed by atoms with Gasteiger partial charge in [-0.1, -0.05) is 24.6 Å². The van der Waals surface area contributed by atoms with Crippen LogP contribution >= 0.6 is 0 Å². The second kappa shape index (κ2) is 13.3. The maximum Gasteiger partial charge on any atom is 0.412 e. The van der Waals surface area contributed by atoms with Crippen LogP contribution in [0.1, 0.15) is 39.4 Å². The number of aliphatic hydroxyl groups is 1. The van der Waals surface area contributed by atoms with E-state index in [1.165, 1.54) is 0 Å². The molecule has 0 heterocycles. The molecule has 2 N–H and O–H groups in total. The number of anilines is 1. The zero-order valence-electron chi connectivity index (χ0n) is 20.3. The number of carbonyl (C=O) groups is 2. The fourth-order valence-electron chi connectivity index (χ4n) is 3.28. The maximum absolute atomic E-state index is 12.8. The molecule has 0 aliphatic heterocycles. The lowest BCUT2D eigenvalue weighted by atomic mass is 9.88. The second-order valence-electron chi connectivity index (χ2n) is 7.64. The number of nitrogens with one attached hydrogen (secondary N) is 1. The first-order valence-corrected chi connectivity index (χ1v) is 11.1. The average molecular weight is 472 g/mol. The molecule has 0 saturated heterocycles. The molecule has 0 fully saturated rings. The fraction of sp³-hybridized carbons (Fsp3) is 0.385. The molecule has 2 atom stereocenters. The summed E-state index contributed by atoms with van der Waals surface area (Å²) in [6, 6.07) is 14.0. The summed E-state index contributed by atoms with van der Waals surface area (Å²) in [7, 11) is 1.57. The molecule has 0 spiro atoms. The molecule has 34 heavy (non-hydrogen) atoms. The van der Waals surface area contributed by atoms with Crippen molar-refractivity contribution in [2.45, 2.75) is 33.8 Å². The van der Waals surface area contributed by atoms with Gasteiger partial charge in [0.05, 0.1) is 20.3 Å². The molecule has 184 valence electrons. The Kier molecular flexibility index (Phi) is 10.4. The van der Waals surface area contributed by atoms with Crippen molar-refractivity contribution in [2.24, 2.45) is 5.92 Å². The number of ether oxygens (including phenoxy) is 4. The minimum atomic E-state index is -0.686. The highest BCUT2D eigenvalue weighted by atomic mass is 16.6. The summed E-state index contributed by atoms with van der Waals surface area (Å²) in [6.45, 7) is 7.53. The number of esters is 1. The van der Waals surface area contributed by atoms with Crippen LogP contribution in [0.5, 0.6) is 11.5 Å². The highest BCUT2D eigenvalue weighted by Crippen LogP contribution is 2.34. The van der Waals surface area contributed by atoms with Crippen LogP contribution in [0.15, 0.2) is 59.7 Å². The molecular formula is C26H33NO7. The number of carbonyl (C=O) groups excluding carboxylic acids is 2. The molecule has 0 unspecified atom stereocenters. The number of amides is 1. The Hall–Kier alpha value is -3.52. The Balaban J connectivity index is 2.29. The van der Waals surface area contributed by atoms with Crippen LogP contribution in [0, 0.1) is 5.92 Å². The third-order valence-electron chi connectivity index (χ3n) is 5.45. The van der Waals surface area contributed by atoms with Crippen molar-refractivity contribution >= 4 is 17.7 Å². The van der Waals surface area contributed by atoms with Crippen LogP contribution in [-0.2, 0) is 14.3 Å². The van der Waals surface area contributed by atoms with E-state index in [1.54, 1.807) is 69.5 Å². The number of methoxy groups -OCH3 is 1. The van der Waals surface area contributed by atoms with E-state index in [9.17, 15) is 9.59 Å². The monoisotopic (exact) mass is 471 g/mol. The van der Waals surface area contributed by atoms with Gasteiger partial charge in [-0.05, 0) is 62.7 Å². The van der Waals surface area contributed by atoms with Crippen molar-refractivity contribution in [1.82, 2.24) is 0 Å². The number of hydrogen-bond acceptors (Lipinski definition) is 7. The van der Waals surface area contributed by atoms with Crippen LogP contribution in [-0.4, -0.2) is 44.1 Å². The molecule has 2 aromatic rings. The van der Waals surface area contributed by atoms with E-state index in [1.807, 2.05) is 13.8 Å². The zero-order valence-corrected chi connectivity index (χ0v) is 20.3. The number of aliphatic hydroxyl groups excluding tert-OH is 1. The summed E-state index contributed by atoms with van der Waals surface area (Å²) >= 11 is 0. The summed E-state index contributed by atoms with van der Waals surface area (Å²) < 4.78 is 21.5. The zero-order chi connectivity index (χ0) is 25.1. The summed E-state index contributed by atoms with van der Waals surface area (Å²) in [5.41, 5.74) is 2.51. The van der Waals surface area contributed by atoms with Gasteiger partial charge < -0.3 is 24.1 Å². The number of rotatable bonds is 11. The normalized spacial score (nSPS) is 13.2. The average Bonchev–Trinajstić information content (AvgIpc) is 2.85. The minimum Gasteiger partial charge on any atom is -0.497 e. The minimum absolute atomic E-state index is 0.0901. The predicted octanol–water partition coefficient (Wildman–Crippen LogP) is 4.89. The highest BCUT2D eigenvalue weighted by molar-refractivity contribution is 5.88. The number of hydrogen-bond donors (Lipinski definition) is 2. The lowest BCUT2D eigenvalue weighted by Crippen LogP contribution is -2.23. The van der Waals surface area contributed by atoms with E-state index >= 15 is 0 Å². The fourth-order valence-corrected chi connectivity index (χ4v) is 3.28. The van der Waals surface area contributed by atoms with Gasteiger partial charge in [0.25, 0.3) is 0 Å². The van der Waals surface area contributed by atoms with Gasteiger partial charge in [-0.3, -0.25) is 5.32 Å². The second-order valence-corrected chi connectivity index (χ2v) is 7.64. The van der Waals surface area contributed by atoms with Crippen molar-refractivity contribution in [1.29, 1.82) is 0 Å². The van der Waals surface area contributed by atoms with Gasteiger partial charge in [-0.2, -0.15) is 0 Å². The molecule has 0 aliphatic rings. The van der Waals surface area contributed by atoms with Crippen LogP contribution in [0.3, 0.4) is 0 Å². The van der Waals surface area contributed by atoms with E-state index in [4.69, 9.17) is 24.1 Å². The van der Waals surface area contributed by atoms with Gasteiger partial charge in [0.2, 0.25) is 0 Å². The summed E-state index contributed by atoms with van der Waals surface area (Å²) in [5.74, 6) is 0.530. The molecular weight excluding hydrogens is 438 g/mol. The summed E-state index contributed by atoms with van der Waals surface area (Å²) in [5, 5.41) is 11.7. The third-order valence-corrected chi connectivity index (χ3v) is 5.45. The maximum atomic E-state index is 12.8. The molecule has 2 aromatic carbocycles. The van der Waals surface area contributed by atoms with Crippen LogP contribution in [0.2, 0.25) is 0 Å². The molecule has 0 aliphatic carbocycles. The molecule has 8 nitrogen and oxygen atoms in total. The van der Waals surface area contributed by atoms with Gasteiger partial charge in [0, 0.05) is 17.2 Å². The van der Waals surface area contributed by atoms with Crippen LogP contribution in [0.4, 0.5) is 10.5 Å². The number of benzene rings is 2. The van der Waals surface area contributed by atoms with Crippen molar-refractivity contribution in [3.63, 3.8) is 0 Å². The highest BCUT2D eigenvalue weighted by Gasteiger charge is 2.27. The van der Waals surface area contributed by atoms with Crippen molar-refractivity contribution in [3.8, 4) is 11.5 Å². The molecule has 1 amide bonds. The van der Waals surface area contributed by atoms with Crippen molar-refractivity contribution < 1.29 is 33.6 Å². The summed E-state index contributed by atoms with van der Waals surface area (Å²) in [4.78, 5) is 25.0. The summed E-state index contributed by atoms with van der Waals surface area (Å²) in [6.07, 6.45) is -1.32. The Labute approximate surface area is 200 Å². The van der Waals surface area contributed by atoms with Crippen LogP contribution in [0.25, 0.3) is 0 Å². The standard InChI is InChI=1S/C26H33NO7/c1-6-32-25(29)19(4)17(2)18(3)24(20-7-11-23(12-8-20)33-16-15-28)34-26(30)27-21-9-13-22(31-5)14-10-21/h7-14,18,24,28H,6,15-16H2,1-5H3,(H,27,30)/b19-17+/t18-,24-/m1/s1. The van der Waals surface area contributed by atoms with Crippen molar-refractivity contribution in [3.05, 3.63) is 65.2 Å². The Morgan fingerprint density at radius 1 is 1.00 bits per heavy atom. The van der Waals surface area contributed by atoms with Gasteiger partial charge in [0.15, 0.2) is 0 Å². The van der Waals surface area contributed by atoms with Crippen LogP contribution < -0.4 is 14.8 Å². The first-order chi connectivity index (χ1) is 16.3. The van der Waals surface area contributed by atoms with E-state index in [0.717, 1.165) is 11.1 Å². The van der Waals surface area contributed by atoms with E-state index in [-0.39, 0.29) is 25.7 Å². The molecule has 0 bridgehead atoms. The van der Waals surface area contributed by atoms with Crippen molar-refractivity contribution in [2.75, 3.05) is 32.2 Å². The molecule has 2 rings (SSSR count). The molecule has 0 radical (unpaired) electrons. The van der Waals surface area contributed by atoms with Gasteiger partial charge in [-0.15, -0.1) is 0 Å². The third kappa shape index (κ3) is 7.52. The predicted molar refractivity (Wildman–Crippen MR) is 129 cm³/mol. The molecule has 8 heteroatoms. The van der Waals surface area contributed by atoms with E-state index < -0.39 is 18.2 Å². The smallest absolute Gasteiger partial charge is 0.412 e.